The molecule has 1 unspecified atom stereocenters. The molecule has 2 fully saturated rings. The van der Waals surface area contributed by atoms with E-state index in [1.54, 1.807) is 0 Å². The Morgan fingerprint density at radius 3 is 2.84 bits per heavy atom. The molecule has 19 heavy (non-hydrogen) atoms. The number of hydrogen-bond acceptors (Lipinski definition) is 3. The third-order valence-corrected chi connectivity index (χ3v) is 4.56. The Morgan fingerprint density at radius 1 is 1.21 bits per heavy atom. The van der Waals surface area contributed by atoms with E-state index in [1.807, 2.05) is 0 Å². The van der Waals surface area contributed by atoms with Crippen LogP contribution in [0.3, 0.4) is 0 Å². The normalized spacial score (nSPS) is 24.4. The summed E-state index contributed by atoms with van der Waals surface area (Å²) in [4.78, 5) is 7.15. The standard InChI is InChI=1S/C15H20N4/c1-10-3-2-4-13-14(10)19(15(16)17-13)12-7-8-18(9-12)11-5-6-11/h2-4,11-12H,5-9H2,1H3,(H2,16,17). The highest BCUT2D eigenvalue weighted by atomic mass is 15.3. The van der Waals surface area contributed by atoms with Gasteiger partial charge in [0.05, 0.1) is 17.1 Å². The van der Waals surface area contributed by atoms with Crippen molar-refractivity contribution >= 4 is 17.0 Å². The fraction of sp³-hybridized carbons (Fsp3) is 0.533. The molecule has 100 valence electrons. The van der Waals surface area contributed by atoms with Crippen molar-refractivity contribution in [2.75, 3.05) is 18.8 Å². The summed E-state index contributed by atoms with van der Waals surface area (Å²) in [5.74, 6) is 0.673. The van der Waals surface area contributed by atoms with Crippen molar-refractivity contribution in [1.82, 2.24) is 14.5 Å². The minimum Gasteiger partial charge on any atom is -0.369 e. The van der Waals surface area contributed by atoms with Crippen molar-refractivity contribution in [3.63, 3.8) is 0 Å². The fourth-order valence-electron chi connectivity index (χ4n) is 3.46. The zero-order valence-corrected chi connectivity index (χ0v) is 11.3. The molecular weight excluding hydrogens is 236 g/mol. The van der Waals surface area contributed by atoms with Crippen LogP contribution in [0.2, 0.25) is 0 Å². The molecule has 0 amide bonds. The Morgan fingerprint density at radius 2 is 2.05 bits per heavy atom. The Bertz CT molecular complexity index is 626. The van der Waals surface area contributed by atoms with E-state index >= 15 is 0 Å². The molecule has 1 atom stereocenters. The lowest BCUT2D eigenvalue weighted by atomic mass is 10.2. The first-order chi connectivity index (χ1) is 9.24. The van der Waals surface area contributed by atoms with Gasteiger partial charge in [-0.1, -0.05) is 12.1 Å². The van der Waals surface area contributed by atoms with E-state index in [2.05, 4.69) is 39.6 Å². The maximum Gasteiger partial charge on any atom is 0.201 e. The number of fused-ring (bicyclic) bond motifs is 1. The second-order valence-electron chi connectivity index (χ2n) is 5.95. The maximum atomic E-state index is 6.17. The van der Waals surface area contributed by atoms with Crippen LogP contribution in [0, 0.1) is 6.92 Å². The minimum absolute atomic E-state index is 0.492. The SMILES string of the molecule is Cc1cccc2nc(N)n(C3CCN(C4CC4)C3)c12. The molecule has 4 rings (SSSR count). The predicted molar refractivity (Wildman–Crippen MR) is 77.1 cm³/mol. The highest BCUT2D eigenvalue weighted by molar-refractivity contribution is 5.81. The molecule has 2 aromatic rings. The van der Waals surface area contributed by atoms with Gasteiger partial charge in [-0.3, -0.25) is 4.90 Å². The number of nitrogens with zero attached hydrogens (tertiary/aromatic N) is 3. The maximum absolute atomic E-state index is 6.17. The smallest absolute Gasteiger partial charge is 0.201 e. The fourth-order valence-corrected chi connectivity index (χ4v) is 3.46. The summed E-state index contributed by atoms with van der Waals surface area (Å²) in [6.45, 7) is 4.49. The molecule has 0 spiro atoms. The summed E-state index contributed by atoms with van der Waals surface area (Å²) >= 11 is 0. The number of anilines is 1. The number of hydrogen-bond donors (Lipinski definition) is 1. The topological polar surface area (TPSA) is 47.1 Å². The van der Waals surface area contributed by atoms with Crippen LogP contribution in [0.4, 0.5) is 5.95 Å². The number of nitrogens with two attached hydrogens (primary N) is 1. The number of imidazole rings is 1. The van der Waals surface area contributed by atoms with Crippen molar-refractivity contribution < 1.29 is 0 Å². The van der Waals surface area contributed by atoms with Crippen LogP contribution in [0.5, 0.6) is 0 Å². The lowest BCUT2D eigenvalue weighted by molar-refractivity contribution is 0.315. The number of likely N-dealkylation sites (tertiary alicyclic amines) is 1. The quantitative estimate of drug-likeness (QED) is 0.897. The van der Waals surface area contributed by atoms with E-state index in [9.17, 15) is 0 Å². The Balaban J connectivity index is 1.76. The number of rotatable bonds is 2. The first kappa shape index (κ1) is 11.3. The van der Waals surface area contributed by atoms with Gasteiger partial charge in [-0.05, 0) is 37.8 Å². The molecule has 0 bridgehead atoms. The Labute approximate surface area is 113 Å². The zero-order valence-electron chi connectivity index (χ0n) is 11.3. The molecule has 1 aliphatic heterocycles. The molecule has 2 aliphatic rings. The van der Waals surface area contributed by atoms with Crippen molar-refractivity contribution in [3.8, 4) is 0 Å². The van der Waals surface area contributed by atoms with Gasteiger partial charge in [0.1, 0.15) is 0 Å². The summed E-state index contributed by atoms with van der Waals surface area (Å²) in [6.07, 6.45) is 3.96. The molecule has 1 aromatic heterocycles. The summed E-state index contributed by atoms with van der Waals surface area (Å²) in [5, 5.41) is 0. The summed E-state index contributed by atoms with van der Waals surface area (Å²) < 4.78 is 2.27. The molecule has 2 heterocycles. The third-order valence-electron chi connectivity index (χ3n) is 4.56. The van der Waals surface area contributed by atoms with Gasteiger partial charge in [0.15, 0.2) is 0 Å². The van der Waals surface area contributed by atoms with Gasteiger partial charge in [-0.25, -0.2) is 4.98 Å². The van der Waals surface area contributed by atoms with E-state index in [4.69, 9.17) is 5.73 Å². The predicted octanol–water partition coefficient (Wildman–Crippen LogP) is 2.34. The molecule has 1 aromatic carbocycles. The van der Waals surface area contributed by atoms with Gasteiger partial charge < -0.3 is 10.3 Å². The van der Waals surface area contributed by atoms with Gasteiger partial charge >= 0.3 is 0 Å². The van der Waals surface area contributed by atoms with Crippen LogP contribution in [0.25, 0.3) is 11.0 Å². The molecule has 1 saturated carbocycles. The molecule has 2 N–H and O–H groups in total. The van der Waals surface area contributed by atoms with Crippen LogP contribution >= 0.6 is 0 Å². The summed E-state index contributed by atoms with van der Waals surface area (Å²) in [7, 11) is 0. The van der Waals surface area contributed by atoms with Crippen LogP contribution in [-0.2, 0) is 0 Å². The second kappa shape index (κ2) is 3.97. The van der Waals surface area contributed by atoms with Crippen molar-refractivity contribution in [2.24, 2.45) is 0 Å². The van der Waals surface area contributed by atoms with Crippen molar-refractivity contribution in [1.29, 1.82) is 0 Å². The first-order valence-electron chi connectivity index (χ1n) is 7.21. The number of nitrogen functional groups attached to an aromatic ring is 1. The third kappa shape index (κ3) is 1.74. The number of para-hydroxylation sites is 1. The van der Waals surface area contributed by atoms with Crippen LogP contribution in [0.1, 0.15) is 30.9 Å². The molecule has 0 radical (unpaired) electrons. The first-order valence-corrected chi connectivity index (χ1v) is 7.21. The van der Waals surface area contributed by atoms with Crippen LogP contribution in [0.15, 0.2) is 18.2 Å². The largest absolute Gasteiger partial charge is 0.369 e. The second-order valence-corrected chi connectivity index (χ2v) is 5.95. The molecular formula is C15H20N4. The van der Waals surface area contributed by atoms with E-state index in [0.717, 1.165) is 18.1 Å². The monoisotopic (exact) mass is 256 g/mol. The van der Waals surface area contributed by atoms with Crippen LogP contribution in [-0.4, -0.2) is 33.6 Å². The highest BCUT2D eigenvalue weighted by Crippen LogP contribution is 2.36. The summed E-state index contributed by atoms with van der Waals surface area (Å²) in [6, 6.07) is 7.60. The van der Waals surface area contributed by atoms with E-state index in [0.29, 0.717) is 12.0 Å². The van der Waals surface area contributed by atoms with Gasteiger partial charge in [0, 0.05) is 19.1 Å². The molecule has 1 saturated heterocycles. The molecule has 1 aliphatic carbocycles. The lowest BCUT2D eigenvalue weighted by Gasteiger charge is -2.18. The number of aromatic nitrogens is 2. The van der Waals surface area contributed by atoms with Crippen molar-refractivity contribution in [2.45, 2.75) is 38.3 Å². The van der Waals surface area contributed by atoms with E-state index in [1.165, 1.54) is 36.9 Å². The van der Waals surface area contributed by atoms with Gasteiger partial charge in [-0.2, -0.15) is 0 Å². The van der Waals surface area contributed by atoms with Crippen LogP contribution < -0.4 is 5.73 Å². The van der Waals surface area contributed by atoms with Gasteiger partial charge in [-0.15, -0.1) is 0 Å². The van der Waals surface area contributed by atoms with Gasteiger partial charge in [0.25, 0.3) is 0 Å². The zero-order chi connectivity index (χ0) is 13.0. The van der Waals surface area contributed by atoms with E-state index in [-0.39, 0.29) is 0 Å². The highest BCUT2D eigenvalue weighted by Gasteiger charge is 2.35. The lowest BCUT2D eigenvalue weighted by Crippen LogP contribution is -2.24. The number of aryl methyl sites for hydroxylation is 1. The molecule has 4 heteroatoms. The number of benzene rings is 1. The van der Waals surface area contributed by atoms with Crippen molar-refractivity contribution in [3.05, 3.63) is 23.8 Å². The average molecular weight is 256 g/mol. The Hall–Kier alpha value is -1.55. The van der Waals surface area contributed by atoms with E-state index < -0.39 is 0 Å². The Kier molecular flexibility index (Phi) is 2.36. The average Bonchev–Trinajstić information content (AvgIpc) is 3.02. The molecule has 4 nitrogen and oxygen atoms in total. The van der Waals surface area contributed by atoms with Gasteiger partial charge in [0.2, 0.25) is 5.95 Å². The summed E-state index contributed by atoms with van der Waals surface area (Å²) in [5.41, 5.74) is 9.70. The minimum atomic E-state index is 0.492.